The van der Waals surface area contributed by atoms with Crippen molar-refractivity contribution in [1.29, 1.82) is 0 Å². The monoisotopic (exact) mass is 297 g/mol. The lowest BCUT2D eigenvalue weighted by atomic mass is 9.58. The Kier molecular flexibility index (Phi) is 2.64. The Morgan fingerprint density at radius 1 is 0.818 bits per heavy atom. The molecule has 22 heavy (non-hydrogen) atoms. The average Bonchev–Trinajstić information content (AvgIpc) is 2.75. The van der Waals surface area contributed by atoms with E-state index < -0.39 is 23.7 Å². The summed E-state index contributed by atoms with van der Waals surface area (Å²) in [5.41, 5.74) is 1.56. The highest BCUT2D eigenvalue weighted by Gasteiger charge is 2.63. The molecule has 0 aromatic heterocycles. The molecule has 5 nitrogen and oxygen atoms in total. The topological polar surface area (TPSA) is 71.5 Å². The molecule has 4 fully saturated rings. The van der Waals surface area contributed by atoms with E-state index in [1.807, 2.05) is 19.1 Å². The molecular formula is C17H15NO4. The van der Waals surface area contributed by atoms with Crippen LogP contribution in [0.25, 0.3) is 0 Å². The highest BCUT2D eigenvalue weighted by molar-refractivity contribution is 6.25. The van der Waals surface area contributed by atoms with Crippen LogP contribution in [0, 0.1) is 30.6 Å². The van der Waals surface area contributed by atoms with Gasteiger partial charge in [-0.25, -0.2) is 0 Å². The Morgan fingerprint density at radius 2 is 1.27 bits per heavy atom. The van der Waals surface area contributed by atoms with Crippen molar-refractivity contribution in [3.05, 3.63) is 29.8 Å². The maximum absolute atomic E-state index is 12.7. The van der Waals surface area contributed by atoms with Crippen LogP contribution in [-0.2, 0) is 19.2 Å². The van der Waals surface area contributed by atoms with Crippen LogP contribution in [0.1, 0.15) is 18.4 Å². The fourth-order valence-corrected chi connectivity index (χ4v) is 4.13. The number of benzene rings is 1. The fraction of sp³-hybridized carbons (Fsp3) is 0.412. The Bertz CT molecular complexity index is 681. The van der Waals surface area contributed by atoms with Crippen molar-refractivity contribution in [2.24, 2.45) is 23.7 Å². The van der Waals surface area contributed by atoms with Crippen molar-refractivity contribution in [2.45, 2.75) is 19.8 Å². The van der Waals surface area contributed by atoms with Crippen molar-refractivity contribution in [1.82, 2.24) is 0 Å². The summed E-state index contributed by atoms with van der Waals surface area (Å²) in [4.78, 5) is 50.7. The summed E-state index contributed by atoms with van der Waals surface area (Å²) in [6.45, 7) is 1.93. The number of fused-ring (bicyclic) bond motifs is 2. The van der Waals surface area contributed by atoms with Gasteiger partial charge >= 0.3 is 0 Å². The predicted octanol–water partition coefficient (Wildman–Crippen LogP) is 1.28. The predicted molar refractivity (Wildman–Crippen MR) is 76.9 cm³/mol. The molecule has 5 rings (SSSR count). The van der Waals surface area contributed by atoms with E-state index in [0.717, 1.165) is 5.56 Å². The zero-order valence-electron chi connectivity index (χ0n) is 12.1. The molecule has 112 valence electrons. The number of rotatable bonds is 1. The molecule has 1 saturated heterocycles. The normalized spacial score (nSPS) is 33.6. The SMILES string of the molecule is Cc1ccc(N2C(=O)[C@@H]3[C@H](C2=O)[C@H]2CC(=O)[C@@H]3CC2=O)cc1. The summed E-state index contributed by atoms with van der Waals surface area (Å²) in [6.07, 6.45) is 0.233. The number of Topliss-reactive ketones (excluding diaryl/α,β-unsaturated/α-hetero) is 2. The molecule has 2 amide bonds. The van der Waals surface area contributed by atoms with Crippen LogP contribution in [0.3, 0.4) is 0 Å². The Morgan fingerprint density at radius 3 is 1.73 bits per heavy atom. The molecule has 3 saturated carbocycles. The highest BCUT2D eigenvalue weighted by atomic mass is 16.2. The third kappa shape index (κ3) is 1.59. The summed E-state index contributed by atoms with van der Waals surface area (Å²) in [5, 5.41) is 0. The van der Waals surface area contributed by atoms with Crippen LogP contribution in [0.2, 0.25) is 0 Å². The van der Waals surface area contributed by atoms with Crippen LogP contribution in [-0.4, -0.2) is 23.4 Å². The smallest absolute Gasteiger partial charge is 0.238 e. The van der Waals surface area contributed by atoms with Gasteiger partial charge in [0.2, 0.25) is 11.8 Å². The number of anilines is 1. The molecule has 4 aliphatic rings. The van der Waals surface area contributed by atoms with Gasteiger partial charge in [0.05, 0.1) is 17.5 Å². The van der Waals surface area contributed by atoms with Gasteiger partial charge < -0.3 is 0 Å². The van der Waals surface area contributed by atoms with E-state index in [9.17, 15) is 19.2 Å². The molecule has 3 aliphatic carbocycles. The molecule has 1 aromatic rings. The molecule has 1 aromatic carbocycles. The van der Waals surface area contributed by atoms with Crippen molar-refractivity contribution in [3.63, 3.8) is 0 Å². The molecule has 5 heteroatoms. The minimum absolute atomic E-state index is 0.0437. The lowest BCUT2D eigenvalue weighted by Crippen LogP contribution is -2.51. The number of nitrogens with zero attached hydrogens (tertiary/aromatic N) is 1. The zero-order valence-corrected chi connectivity index (χ0v) is 12.1. The van der Waals surface area contributed by atoms with E-state index in [1.54, 1.807) is 12.1 Å². The van der Waals surface area contributed by atoms with Crippen molar-refractivity contribution in [2.75, 3.05) is 4.90 Å². The molecule has 1 heterocycles. The quantitative estimate of drug-likeness (QED) is 0.732. The van der Waals surface area contributed by atoms with Crippen LogP contribution < -0.4 is 4.90 Å². The molecule has 4 atom stereocenters. The second-order valence-corrected chi connectivity index (χ2v) is 6.45. The van der Waals surface area contributed by atoms with Crippen molar-refractivity contribution < 1.29 is 19.2 Å². The zero-order chi connectivity index (χ0) is 15.6. The number of hydrogen-bond acceptors (Lipinski definition) is 4. The molecular weight excluding hydrogens is 282 g/mol. The van der Waals surface area contributed by atoms with E-state index in [4.69, 9.17) is 0 Å². The van der Waals surface area contributed by atoms with Gasteiger partial charge in [-0.05, 0) is 19.1 Å². The molecule has 2 bridgehead atoms. The summed E-state index contributed by atoms with van der Waals surface area (Å²) in [7, 11) is 0. The van der Waals surface area contributed by atoms with Crippen molar-refractivity contribution in [3.8, 4) is 0 Å². The number of ketones is 2. The minimum Gasteiger partial charge on any atom is -0.299 e. The molecule has 0 spiro atoms. The fourth-order valence-electron chi connectivity index (χ4n) is 4.13. The van der Waals surface area contributed by atoms with Crippen LogP contribution in [0.4, 0.5) is 5.69 Å². The van der Waals surface area contributed by atoms with E-state index >= 15 is 0 Å². The van der Waals surface area contributed by atoms with Crippen LogP contribution in [0.5, 0.6) is 0 Å². The van der Waals surface area contributed by atoms with Crippen LogP contribution in [0.15, 0.2) is 24.3 Å². The second kappa shape index (κ2) is 4.35. The van der Waals surface area contributed by atoms with Gasteiger partial charge in [-0.3, -0.25) is 24.1 Å². The first-order valence-corrected chi connectivity index (χ1v) is 7.49. The van der Waals surface area contributed by atoms with Gasteiger partial charge in [-0.2, -0.15) is 0 Å². The number of aryl methyl sites for hydroxylation is 1. The van der Waals surface area contributed by atoms with E-state index in [-0.39, 0.29) is 36.2 Å². The minimum atomic E-state index is -0.641. The van der Waals surface area contributed by atoms with Crippen molar-refractivity contribution >= 4 is 29.1 Å². The summed E-state index contributed by atoms with van der Waals surface area (Å²) < 4.78 is 0. The van der Waals surface area contributed by atoms with Gasteiger partial charge in [0.25, 0.3) is 0 Å². The highest BCUT2D eigenvalue weighted by Crippen LogP contribution is 2.50. The lowest BCUT2D eigenvalue weighted by Gasteiger charge is -2.40. The molecule has 1 aliphatic heterocycles. The standard InChI is InChI=1S/C17H15NO4/c1-8-2-4-9(5-3-8)18-16(21)14-10-6-12(19)11(7-13(10)20)15(14)17(18)22/h2-5,10-11,14-15H,6-7H2,1H3/t10-,11-,14-,15+/m0/s1. The summed E-state index contributed by atoms with van der Waals surface area (Å²) in [6, 6.07) is 7.13. The third-order valence-corrected chi connectivity index (χ3v) is 5.23. The van der Waals surface area contributed by atoms with Crippen LogP contribution >= 0.6 is 0 Å². The maximum atomic E-state index is 12.7. The molecule has 0 N–H and O–H groups in total. The second-order valence-electron chi connectivity index (χ2n) is 6.45. The van der Waals surface area contributed by atoms with Gasteiger partial charge in [0, 0.05) is 24.7 Å². The van der Waals surface area contributed by atoms with E-state index in [2.05, 4.69) is 0 Å². The summed E-state index contributed by atoms with van der Waals surface area (Å²) >= 11 is 0. The Hall–Kier alpha value is -2.30. The van der Waals surface area contributed by atoms with Gasteiger partial charge in [-0.15, -0.1) is 0 Å². The van der Waals surface area contributed by atoms with Gasteiger partial charge in [-0.1, -0.05) is 17.7 Å². The largest absolute Gasteiger partial charge is 0.299 e. The number of carbonyl (C=O) groups excluding carboxylic acids is 4. The van der Waals surface area contributed by atoms with E-state index in [0.29, 0.717) is 5.69 Å². The molecule has 0 radical (unpaired) electrons. The lowest BCUT2D eigenvalue weighted by molar-refractivity contribution is -0.153. The number of hydrogen-bond donors (Lipinski definition) is 0. The first-order valence-electron chi connectivity index (χ1n) is 7.49. The maximum Gasteiger partial charge on any atom is 0.238 e. The average molecular weight is 297 g/mol. The Labute approximate surface area is 127 Å². The van der Waals surface area contributed by atoms with Gasteiger partial charge in [0.1, 0.15) is 11.6 Å². The number of carbonyl (C=O) groups is 4. The number of imide groups is 1. The van der Waals surface area contributed by atoms with E-state index in [1.165, 1.54) is 4.90 Å². The first kappa shape index (κ1) is 13.4. The summed E-state index contributed by atoms with van der Waals surface area (Å²) in [5.74, 6) is -3.22. The Balaban J connectivity index is 1.78. The number of amides is 2. The molecule has 0 unspecified atom stereocenters. The third-order valence-electron chi connectivity index (χ3n) is 5.23. The van der Waals surface area contributed by atoms with Gasteiger partial charge in [0.15, 0.2) is 0 Å². The first-order chi connectivity index (χ1) is 10.5.